The van der Waals surface area contributed by atoms with Crippen LogP contribution in [0.1, 0.15) is 26.2 Å². The number of nitrogens with one attached hydrogen (secondary N) is 1. The Bertz CT molecular complexity index is 300. The Hall–Kier alpha value is -0.840. The molecule has 1 aromatic rings. The van der Waals surface area contributed by atoms with Crippen molar-refractivity contribution in [2.45, 2.75) is 38.8 Å². The molecule has 0 fully saturated rings. The molecule has 0 saturated heterocycles. The third-order valence-electron chi connectivity index (χ3n) is 2.21. The van der Waals surface area contributed by atoms with Crippen LogP contribution in [0, 0.1) is 0 Å². The highest BCUT2D eigenvalue weighted by atomic mass is 79.9. The number of unbranched alkanes of at least 4 members (excludes halogenated alkanes) is 1. The summed E-state index contributed by atoms with van der Waals surface area (Å²) in [7, 11) is 0. The molecule has 1 aromatic heterocycles. The Morgan fingerprint density at radius 2 is 2.38 bits per heavy atom. The highest BCUT2D eigenvalue weighted by Crippen LogP contribution is 1.99. The molecule has 0 aliphatic carbocycles. The minimum Gasteiger partial charge on any atom is -0.352 e. The van der Waals surface area contributed by atoms with Gasteiger partial charge < -0.3 is 5.32 Å². The fourth-order valence-corrected chi connectivity index (χ4v) is 1.86. The van der Waals surface area contributed by atoms with Gasteiger partial charge in [-0.3, -0.25) is 9.48 Å². The van der Waals surface area contributed by atoms with Crippen LogP contribution >= 0.6 is 15.9 Å². The van der Waals surface area contributed by atoms with Gasteiger partial charge in [0.05, 0.1) is 6.54 Å². The summed E-state index contributed by atoms with van der Waals surface area (Å²) in [6.45, 7) is 2.71. The van der Waals surface area contributed by atoms with E-state index in [0.717, 1.165) is 24.7 Å². The number of aromatic nitrogens is 2. The lowest BCUT2D eigenvalue weighted by Gasteiger charge is -2.13. The molecule has 4 nitrogen and oxygen atoms in total. The number of carbonyl (C=O) groups is 1. The van der Waals surface area contributed by atoms with Gasteiger partial charge in [-0.1, -0.05) is 15.9 Å². The van der Waals surface area contributed by atoms with Gasteiger partial charge in [-0.2, -0.15) is 5.10 Å². The van der Waals surface area contributed by atoms with Crippen molar-refractivity contribution in [1.82, 2.24) is 15.1 Å². The van der Waals surface area contributed by atoms with E-state index in [1.807, 2.05) is 23.9 Å². The Morgan fingerprint density at radius 1 is 1.56 bits per heavy atom. The molecule has 0 aliphatic rings. The van der Waals surface area contributed by atoms with Crippen molar-refractivity contribution in [1.29, 1.82) is 0 Å². The molecule has 1 N–H and O–H groups in total. The van der Waals surface area contributed by atoms with Crippen molar-refractivity contribution >= 4 is 21.8 Å². The van der Waals surface area contributed by atoms with Crippen molar-refractivity contribution in [3.63, 3.8) is 0 Å². The van der Waals surface area contributed by atoms with Crippen molar-refractivity contribution in [2.75, 3.05) is 5.33 Å². The van der Waals surface area contributed by atoms with Gasteiger partial charge in [0.15, 0.2) is 0 Å². The van der Waals surface area contributed by atoms with E-state index in [1.165, 1.54) is 0 Å². The summed E-state index contributed by atoms with van der Waals surface area (Å²) >= 11 is 3.35. The Balaban J connectivity index is 2.18. The van der Waals surface area contributed by atoms with E-state index in [1.54, 1.807) is 6.20 Å². The van der Waals surface area contributed by atoms with E-state index < -0.39 is 0 Å². The van der Waals surface area contributed by atoms with Crippen LogP contribution in [0.15, 0.2) is 18.5 Å². The zero-order chi connectivity index (χ0) is 11.8. The van der Waals surface area contributed by atoms with Crippen LogP contribution in [0.4, 0.5) is 0 Å². The Labute approximate surface area is 105 Å². The van der Waals surface area contributed by atoms with Crippen LogP contribution < -0.4 is 5.32 Å². The van der Waals surface area contributed by atoms with Crippen molar-refractivity contribution in [3.05, 3.63) is 18.5 Å². The summed E-state index contributed by atoms with van der Waals surface area (Å²) in [5.74, 6) is 0.126. The minimum atomic E-state index is 0.122. The molecule has 1 rings (SSSR count). The lowest BCUT2D eigenvalue weighted by molar-refractivity contribution is -0.121. The van der Waals surface area contributed by atoms with E-state index in [-0.39, 0.29) is 11.9 Å². The van der Waals surface area contributed by atoms with E-state index in [4.69, 9.17) is 0 Å². The zero-order valence-electron chi connectivity index (χ0n) is 9.53. The van der Waals surface area contributed by atoms with Crippen LogP contribution in [-0.4, -0.2) is 27.1 Å². The van der Waals surface area contributed by atoms with Gasteiger partial charge in [0, 0.05) is 30.2 Å². The molecular formula is C11H18BrN3O. The number of nitrogens with zero attached hydrogens (tertiary/aromatic N) is 2. The van der Waals surface area contributed by atoms with Crippen LogP contribution in [-0.2, 0) is 11.3 Å². The second-order valence-electron chi connectivity index (χ2n) is 3.84. The number of halogens is 1. The molecule has 1 amide bonds. The smallest absolute Gasteiger partial charge is 0.220 e. The number of hydrogen-bond donors (Lipinski definition) is 1. The summed E-state index contributed by atoms with van der Waals surface area (Å²) in [4.78, 5) is 11.5. The van der Waals surface area contributed by atoms with Gasteiger partial charge in [-0.15, -0.1) is 0 Å². The number of rotatable bonds is 7. The monoisotopic (exact) mass is 287 g/mol. The molecular weight excluding hydrogens is 270 g/mol. The van der Waals surface area contributed by atoms with E-state index in [0.29, 0.717) is 6.42 Å². The summed E-state index contributed by atoms with van der Waals surface area (Å²) in [5.41, 5.74) is 0. The van der Waals surface area contributed by atoms with Crippen LogP contribution in [0.3, 0.4) is 0 Å². The SMILES string of the molecule is CC(Cn1cccn1)NC(=O)CCCCBr. The first-order valence-electron chi connectivity index (χ1n) is 5.55. The van der Waals surface area contributed by atoms with Gasteiger partial charge in [0.2, 0.25) is 5.91 Å². The predicted molar refractivity (Wildman–Crippen MR) is 67.5 cm³/mol. The standard InChI is InChI=1S/C11H18BrN3O/c1-10(9-15-8-4-7-13-15)14-11(16)5-2-3-6-12/h4,7-8,10H,2-3,5-6,9H2,1H3,(H,14,16). The van der Waals surface area contributed by atoms with Crippen molar-refractivity contribution in [3.8, 4) is 0 Å². The maximum absolute atomic E-state index is 11.5. The first kappa shape index (κ1) is 13.2. The average Bonchev–Trinajstić information content (AvgIpc) is 2.70. The number of hydrogen-bond acceptors (Lipinski definition) is 2. The Morgan fingerprint density at radius 3 is 3.00 bits per heavy atom. The van der Waals surface area contributed by atoms with E-state index in [9.17, 15) is 4.79 Å². The minimum absolute atomic E-state index is 0.122. The second-order valence-corrected chi connectivity index (χ2v) is 4.64. The third kappa shape index (κ3) is 5.30. The summed E-state index contributed by atoms with van der Waals surface area (Å²) < 4.78 is 1.82. The molecule has 0 aliphatic heterocycles. The molecule has 0 radical (unpaired) electrons. The normalized spacial score (nSPS) is 12.4. The molecule has 1 heterocycles. The van der Waals surface area contributed by atoms with Gasteiger partial charge in [0.1, 0.15) is 0 Å². The lowest BCUT2D eigenvalue weighted by Crippen LogP contribution is -2.35. The van der Waals surface area contributed by atoms with Crippen LogP contribution in [0.5, 0.6) is 0 Å². The molecule has 0 aromatic carbocycles. The maximum Gasteiger partial charge on any atom is 0.220 e. The molecule has 1 unspecified atom stereocenters. The lowest BCUT2D eigenvalue weighted by atomic mass is 10.2. The molecule has 16 heavy (non-hydrogen) atoms. The first-order chi connectivity index (χ1) is 7.72. The first-order valence-corrected chi connectivity index (χ1v) is 6.67. The number of amides is 1. The molecule has 0 bridgehead atoms. The maximum atomic E-state index is 11.5. The van der Waals surface area contributed by atoms with Gasteiger partial charge in [-0.25, -0.2) is 0 Å². The van der Waals surface area contributed by atoms with Gasteiger partial charge >= 0.3 is 0 Å². The van der Waals surface area contributed by atoms with Gasteiger partial charge in [0.25, 0.3) is 0 Å². The highest BCUT2D eigenvalue weighted by molar-refractivity contribution is 9.09. The highest BCUT2D eigenvalue weighted by Gasteiger charge is 2.07. The quantitative estimate of drug-likeness (QED) is 0.616. The van der Waals surface area contributed by atoms with Gasteiger partial charge in [-0.05, 0) is 25.8 Å². The Kier molecular flexibility index (Phi) is 6.15. The van der Waals surface area contributed by atoms with Crippen LogP contribution in [0.2, 0.25) is 0 Å². The summed E-state index contributed by atoms with van der Waals surface area (Å²) in [5, 5.41) is 8.02. The summed E-state index contributed by atoms with van der Waals surface area (Å²) in [6.07, 6.45) is 6.22. The third-order valence-corrected chi connectivity index (χ3v) is 2.78. The average molecular weight is 288 g/mol. The van der Waals surface area contributed by atoms with Crippen molar-refractivity contribution in [2.24, 2.45) is 0 Å². The van der Waals surface area contributed by atoms with E-state index in [2.05, 4.69) is 26.3 Å². The fraction of sp³-hybridized carbons (Fsp3) is 0.636. The number of alkyl halides is 1. The predicted octanol–water partition coefficient (Wildman–Crippen LogP) is 1.95. The summed E-state index contributed by atoms with van der Waals surface area (Å²) in [6, 6.07) is 2.00. The van der Waals surface area contributed by atoms with E-state index >= 15 is 0 Å². The second kappa shape index (κ2) is 7.44. The topological polar surface area (TPSA) is 46.9 Å². The fourth-order valence-electron chi connectivity index (χ4n) is 1.46. The van der Waals surface area contributed by atoms with Crippen LogP contribution in [0.25, 0.3) is 0 Å². The largest absolute Gasteiger partial charge is 0.352 e. The molecule has 5 heteroatoms. The zero-order valence-corrected chi connectivity index (χ0v) is 11.1. The van der Waals surface area contributed by atoms with Crippen molar-refractivity contribution < 1.29 is 4.79 Å². The molecule has 1 atom stereocenters. The number of carbonyl (C=O) groups excluding carboxylic acids is 1. The molecule has 90 valence electrons. The molecule has 0 saturated carbocycles. The molecule has 0 spiro atoms.